The van der Waals surface area contributed by atoms with Gasteiger partial charge in [-0.2, -0.15) is 11.8 Å². The Balaban J connectivity index is 3.87. The highest BCUT2D eigenvalue weighted by Crippen LogP contribution is 2.06. The van der Waals surface area contributed by atoms with Gasteiger partial charge in [0.05, 0.1) is 0 Å². The van der Waals surface area contributed by atoms with Crippen molar-refractivity contribution in [3.8, 4) is 0 Å². The summed E-state index contributed by atoms with van der Waals surface area (Å²) in [7, 11) is 0. The van der Waals surface area contributed by atoms with Crippen molar-refractivity contribution in [2.45, 2.75) is 25.4 Å². The standard InChI is InChI=1S/C9H16N2O5S/c1-5(12)11-7(9(15)16)2-3-17-4-6(10)8(13)14/h6-7H,2-4,10H2,1H3,(H,11,12)(H,13,14)(H,15,16)/t6-,7-/m0/s1. The summed E-state index contributed by atoms with van der Waals surface area (Å²) >= 11 is 1.24. The summed E-state index contributed by atoms with van der Waals surface area (Å²) in [5.74, 6) is -1.98. The topological polar surface area (TPSA) is 130 Å². The maximum absolute atomic E-state index is 10.7. The van der Waals surface area contributed by atoms with Crippen molar-refractivity contribution in [1.82, 2.24) is 5.32 Å². The SMILES string of the molecule is CC(=O)N[C@@H](CCSC[C@H](N)C(=O)O)C(=O)O. The van der Waals surface area contributed by atoms with Gasteiger partial charge in [-0.15, -0.1) is 0 Å². The van der Waals surface area contributed by atoms with Crippen LogP contribution in [0.4, 0.5) is 0 Å². The van der Waals surface area contributed by atoms with Crippen molar-refractivity contribution in [3.05, 3.63) is 0 Å². The van der Waals surface area contributed by atoms with Crippen LogP contribution < -0.4 is 11.1 Å². The molecule has 0 aromatic heterocycles. The predicted molar refractivity (Wildman–Crippen MR) is 62.8 cm³/mol. The summed E-state index contributed by atoms with van der Waals surface area (Å²) < 4.78 is 0. The summed E-state index contributed by atoms with van der Waals surface area (Å²) in [6, 6.07) is -1.90. The van der Waals surface area contributed by atoms with Crippen LogP contribution in [0.15, 0.2) is 0 Å². The number of amides is 1. The van der Waals surface area contributed by atoms with Gasteiger partial charge in [0.2, 0.25) is 5.91 Å². The van der Waals surface area contributed by atoms with E-state index in [9.17, 15) is 14.4 Å². The molecule has 0 aromatic rings. The molecular formula is C9H16N2O5S. The lowest BCUT2D eigenvalue weighted by Gasteiger charge is -2.13. The first-order valence-corrected chi connectivity index (χ1v) is 6.06. The molecule has 0 unspecified atom stereocenters. The van der Waals surface area contributed by atoms with Crippen LogP contribution in [0, 0.1) is 0 Å². The molecule has 0 spiro atoms. The van der Waals surface area contributed by atoms with Gasteiger partial charge in [-0.1, -0.05) is 0 Å². The monoisotopic (exact) mass is 264 g/mol. The second-order valence-electron chi connectivity index (χ2n) is 3.40. The van der Waals surface area contributed by atoms with Crippen molar-refractivity contribution < 1.29 is 24.6 Å². The average molecular weight is 264 g/mol. The maximum atomic E-state index is 10.7. The van der Waals surface area contributed by atoms with E-state index in [0.29, 0.717) is 5.75 Å². The van der Waals surface area contributed by atoms with Crippen molar-refractivity contribution >= 4 is 29.6 Å². The summed E-state index contributed by atoms with van der Waals surface area (Å²) in [4.78, 5) is 31.8. The van der Waals surface area contributed by atoms with E-state index < -0.39 is 29.9 Å². The highest BCUT2D eigenvalue weighted by Gasteiger charge is 2.18. The normalized spacial score (nSPS) is 13.8. The largest absolute Gasteiger partial charge is 0.480 e. The molecule has 0 saturated heterocycles. The Bertz CT molecular complexity index is 297. The highest BCUT2D eigenvalue weighted by atomic mass is 32.2. The highest BCUT2D eigenvalue weighted by molar-refractivity contribution is 7.99. The Labute approximate surface area is 103 Å². The van der Waals surface area contributed by atoms with Gasteiger partial charge >= 0.3 is 11.9 Å². The van der Waals surface area contributed by atoms with E-state index in [2.05, 4.69) is 5.32 Å². The molecule has 1 amide bonds. The van der Waals surface area contributed by atoms with E-state index in [4.69, 9.17) is 15.9 Å². The lowest BCUT2D eigenvalue weighted by atomic mass is 10.2. The van der Waals surface area contributed by atoms with E-state index in [1.165, 1.54) is 18.7 Å². The number of thioether (sulfide) groups is 1. The van der Waals surface area contributed by atoms with Gasteiger partial charge in [-0.25, -0.2) is 4.79 Å². The second-order valence-corrected chi connectivity index (χ2v) is 4.55. The second kappa shape index (κ2) is 7.91. The van der Waals surface area contributed by atoms with E-state index >= 15 is 0 Å². The van der Waals surface area contributed by atoms with E-state index in [1.807, 2.05) is 0 Å². The average Bonchev–Trinajstić information content (AvgIpc) is 2.21. The molecule has 8 heteroatoms. The van der Waals surface area contributed by atoms with E-state index in [-0.39, 0.29) is 12.2 Å². The first-order chi connectivity index (χ1) is 7.84. The molecule has 0 rings (SSSR count). The molecule has 0 fully saturated rings. The number of carboxylic acid groups (broad SMARTS) is 2. The fraction of sp³-hybridized carbons (Fsp3) is 0.667. The fourth-order valence-corrected chi connectivity index (χ4v) is 1.95. The number of aliphatic carboxylic acids is 2. The molecule has 0 bridgehead atoms. The Morgan fingerprint density at radius 3 is 2.29 bits per heavy atom. The van der Waals surface area contributed by atoms with Gasteiger partial charge in [-0.05, 0) is 12.2 Å². The molecule has 2 atom stereocenters. The van der Waals surface area contributed by atoms with Crippen molar-refractivity contribution in [2.24, 2.45) is 5.73 Å². The fourth-order valence-electron chi connectivity index (χ4n) is 0.986. The molecule has 17 heavy (non-hydrogen) atoms. The molecule has 0 aromatic carbocycles. The van der Waals surface area contributed by atoms with Crippen LogP contribution >= 0.6 is 11.8 Å². The summed E-state index contributed by atoms with van der Waals surface area (Å²) in [5, 5.41) is 19.6. The lowest BCUT2D eigenvalue weighted by Crippen LogP contribution is -2.40. The molecule has 0 heterocycles. The van der Waals surface area contributed by atoms with Gasteiger partial charge in [0.15, 0.2) is 0 Å². The molecule has 0 aliphatic carbocycles. The summed E-state index contributed by atoms with van der Waals surface area (Å²) in [6.07, 6.45) is 0.228. The zero-order valence-corrected chi connectivity index (χ0v) is 10.2. The van der Waals surface area contributed by atoms with Crippen molar-refractivity contribution in [3.63, 3.8) is 0 Å². The predicted octanol–water partition coefficient (Wildman–Crippen LogP) is -0.889. The zero-order chi connectivity index (χ0) is 13.4. The first-order valence-electron chi connectivity index (χ1n) is 4.90. The van der Waals surface area contributed by atoms with Gasteiger partial charge < -0.3 is 21.3 Å². The van der Waals surface area contributed by atoms with Gasteiger partial charge in [0, 0.05) is 12.7 Å². The molecule has 0 saturated carbocycles. The third-order valence-corrected chi connectivity index (χ3v) is 2.96. The number of nitrogens with one attached hydrogen (secondary N) is 1. The molecule has 0 aliphatic heterocycles. The van der Waals surface area contributed by atoms with E-state index in [1.54, 1.807) is 0 Å². The zero-order valence-electron chi connectivity index (χ0n) is 9.38. The third kappa shape index (κ3) is 7.58. The van der Waals surface area contributed by atoms with Gasteiger partial charge in [0.25, 0.3) is 0 Å². The number of rotatable bonds is 8. The minimum Gasteiger partial charge on any atom is -0.480 e. The van der Waals surface area contributed by atoms with E-state index in [0.717, 1.165) is 0 Å². The first kappa shape index (κ1) is 15.7. The maximum Gasteiger partial charge on any atom is 0.326 e. The Morgan fingerprint density at radius 1 is 1.29 bits per heavy atom. The minimum atomic E-state index is -1.11. The van der Waals surface area contributed by atoms with Crippen LogP contribution in [0.1, 0.15) is 13.3 Å². The number of hydrogen-bond donors (Lipinski definition) is 4. The Hall–Kier alpha value is -1.28. The number of carbonyl (C=O) groups is 3. The molecule has 98 valence electrons. The van der Waals surface area contributed by atoms with Crippen molar-refractivity contribution in [2.75, 3.05) is 11.5 Å². The third-order valence-electron chi connectivity index (χ3n) is 1.84. The van der Waals surface area contributed by atoms with Crippen LogP contribution in [0.2, 0.25) is 0 Å². The Morgan fingerprint density at radius 2 is 1.88 bits per heavy atom. The lowest BCUT2D eigenvalue weighted by molar-refractivity contribution is -0.141. The van der Waals surface area contributed by atoms with Gasteiger partial charge in [0.1, 0.15) is 12.1 Å². The summed E-state index contributed by atoms with van der Waals surface area (Å²) in [5.41, 5.74) is 5.27. The number of carboxylic acids is 2. The number of carbonyl (C=O) groups excluding carboxylic acids is 1. The molecule has 5 N–H and O–H groups in total. The van der Waals surface area contributed by atoms with Crippen LogP contribution in [-0.4, -0.2) is 51.6 Å². The Kier molecular flexibility index (Phi) is 7.31. The minimum absolute atomic E-state index is 0.210. The molecule has 0 radical (unpaired) electrons. The van der Waals surface area contributed by atoms with Crippen LogP contribution in [-0.2, 0) is 14.4 Å². The quantitative estimate of drug-likeness (QED) is 0.418. The molecule has 7 nitrogen and oxygen atoms in total. The van der Waals surface area contributed by atoms with Crippen LogP contribution in [0.25, 0.3) is 0 Å². The summed E-state index contributed by atoms with van der Waals surface area (Å²) in [6.45, 7) is 1.24. The molecule has 0 aliphatic rings. The van der Waals surface area contributed by atoms with Crippen LogP contribution in [0.5, 0.6) is 0 Å². The molecular weight excluding hydrogens is 248 g/mol. The number of hydrogen-bond acceptors (Lipinski definition) is 5. The smallest absolute Gasteiger partial charge is 0.326 e. The number of nitrogens with two attached hydrogens (primary N) is 1. The van der Waals surface area contributed by atoms with Crippen molar-refractivity contribution in [1.29, 1.82) is 0 Å². The van der Waals surface area contributed by atoms with Crippen LogP contribution in [0.3, 0.4) is 0 Å². The van der Waals surface area contributed by atoms with Gasteiger partial charge in [-0.3, -0.25) is 9.59 Å².